The lowest BCUT2D eigenvalue weighted by atomic mass is 10.3. The van der Waals surface area contributed by atoms with Gasteiger partial charge in [-0.2, -0.15) is 0 Å². The largest absolute Gasteiger partial charge is 0.317 e. The van der Waals surface area contributed by atoms with Crippen molar-refractivity contribution in [3.63, 3.8) is 0 Å². The molecule has 0 aromatic rings. The Labute approximate surface area is 71.0 Å². The molecule has 0 amide bonds. The van der Waals surface area contributed by atoms with E-state index >= 15 is 0 Å². The number of nitrogens with one attached hydrogen (secondary N) is 1. The van der Waals surface area contributed by atoms with Crippen molar-refractivity contribution in [2.75, 3.05) is 33.7 Å². The lowest BCUT2D eigenvalue weighted by Gasteiger charge is -2.09. The van der Waals surface area contributed by atoms with Gasteiger partial charge in [0, 0.05) is 0 Å². The van der Waals surface area contributed by atoms with Gasteiger partial charge in [-0.1, -0.05) is 13.3 Å². The van der Waals surface area contributed by atoms with E-state index in [1.165, 1.54) is 32.4 Å². The van der Waals surface area contributed by atoms with E-state index in [9.17, 15) is 0 Å². The van der Waals surface area contributed by atoms with Crippen molar-refractivity contribution in [1.29, 1.82) is 0 Å². The number of unbranched alkanes of at least 4 members (excludes halogenated alkanes) is 1. The van der Waals surface area contributed by atoms with Gasteiger partial charge in [0.15, 0.2) is 0 Å². The summed E-state index contributed by atoms with van der Waals surface area (Å²) in [4.78, 5) is 2.22. The van der Waals surface area contributed by atoms with Crippen LogP contribution in [-0.2, 0) is 0 Å². The Morgan fingerprint density at radius 1 is 1.09 bits per heavy atom. The van der Waals surface area contributed by atoms with E-state index in [1.54, 1.807) is 0 Å². The Morgan fingerprint density at radius 3 is 2.27 bits per heavy atom. The Bertz CT molecular complexity index is 72.0. The second kappa shape index (κ2) is 8.02. The van der Waals surface area contributed by atoms with Crippen molar-refractivity contribution in [3.8, 4) is 0 Å². The van der Waals surface area contributed by atoms with Crippen LogP contribution in [0.5, 0.6) is 0 Å². The summed E-state index contributed by atoms with van der Waals surface area (Å²) in [6, 6.07) is 0. The van der Waals surface area contributed by atoms with Gasteiger partial charge in [0.2, 0.25) is 0 Å². The number of hydrogen-bond acceptors (Lipinski definition) is 2. The molecule has 1 N–H and O–H groups in total. The highest BCUT2D eigenvalue weighted by Gasteiger charge is 1.89. The maximum atomic E-state index is 3.42. The average molecular weight is 158 g/mol. The van der Waals surface area contributed by atoms with Crippen LogP contribution in [0.25, 0.3) is 0 Å². The van der Waals surface area contributed by atoms with Gasteiger partial charge in [-0.3, -0.25) is 0 Å². The molecule has 0 bridgehead atoms. The molecule has 2 nitrogen and oxygen atoms in total. The summed E-state index contributed by atoms with van der Waals surface area (Å²) < 4.78 is 0. The fourth-order valence-corrected chi connectivity index (χ4v) is 0.947. The van der Waals surface area contributed by atoms with E-state index in [2.05, 4.69) is 31.2 Å². The summed E-state index contributed by atoms with van der Waals surface area (Å²) >= 11 is 0. The third-order valence-electron chi connectivity index (χ3n) is 1.67. The fourth-order valence-electron chi connectivity index (χ4n) is 0.947. The molecule has 0 aliphatic heterocycles. The molecule has 0 aliphatic carbocycles. The van der Waals surface area contributed by atoms with Gasteiger partial charge in [-0.25, -0.2) is 0 Å². The predicted octanol–water partition coefficient (Wildman–Crippen LogP) is 1.33. The molecule has 11 heavy (non-hydrogen) atoms. The van der Waals surface area contributed by atoms with Crippen LogP contribution in [-0.4, -0.2) is 38.6 Å². The van der Waals surface area contributed by atoms with Crippen molar-refractivity contribution >= 4 is 0 Å². The Morgan fingerprint density at radius 2 is 1.73 bits per heavy atom. The highest BCUT2D eigenvalue weighted by atomic mass is 15.0. The molecule has 0 aromatic heterocycles. The molecule has 0 aliphatic rings. The highest BCUT2D eigenvalue weighted by molar-refractivity contribution is 4.49. The summed E-state index contributed by atoms with van der Waals surface area (Å²) in [5.41, 5.74) is 0. The van der Waals surface area contributed by atoms with Crippen molar-refractivity contribution in [3.05, 3.63) is 0 Å². The first-order valence-corrected chi connectivity index (χ1v) is 4.62. The molecule has 0 saturated heterocycles. The van der Waals surface area contributed by atoms with Crippen LogP contribution >= 0.6 is 0 Å². The van der Waals surface area contributed by atoms with Gasteiger partial charge >= 0.3 is 0 Å². The molecular formula is C9H22N2. The molecule has 68 valence electrons. The topological polar surface area (TPSA) is 15.3 Å². The van der Waals surface area contributed by atoms with Gasteiger partial charge in [-0.05, 0) is 46.6 Å². The standard InChI is InChI=1S/C9H22N2/c1-4-5-7-10-8-6-9-11(2)3/h10H,4-9H2,1-3H3. The van der Waals surface area contributed by atoms with Crippen LogP contribution in [0.15, 0.2) is 0 Å². The van der Waals surface area contributed by atoms with Gasteiger partial charge < -0.3 is 10.2 Å². The molecule has 0 saturated carbocycles. The summed E-state index contributed by atoms with van der Waals surface area (Å²) in [5, 5.41) is 3.42. The minimum Gasteiger partial charge on any atom is -0.317 e. The van der Waals surface area contributed by atoms with Crippen LogP contribution in [0, 0.1) is 0 Å². The number of hydrogen-bond donors (Lipinski definition) is 1. The smallest absolute Gasteiger partial charge is 0.00127 e. The zero-order chi connectivity index (χ0) is 8.53. The van der Waals surface area contributed by atoms with E-state index in [0.29, 0.717) is 0 Å². The fraction of sp³-hybridized carbons (Fsp3) is 1.00. The quantitative estimate of drug-likeness (QED) is 0.562. The van der Waals surface area contributed by atoms with Crippen molar-refractivity contribution in [2.45, 2.75) is 26.2 Å². The van der Waals surface area contributed by atoms with Gasteiger partial charge in [0.05, 0.1) is 0 Å². The van der Waals surface area contributed by atoms with Crippen LogP contribution in [0.3, 0.4) is 0 Å². The molecule has 0 aromatic carbocycles. The lowest BCUT2D eigenvalue weighted by molar-refractivity contribution is 0.394. The predicted molar refractivity (Wildman–Crippen MR) is 50.9 cm³/mol. The van der Waals surface area contributed by atoms with Crippen LogP contribution in [0.2, 0.25) is 0 Å². The molecule has 0 rings (SSSR count). The van der Waals surface area contributed by atoms with Crippen LogP contribution in [0.4, 0.5) is 0 Å². The first kappa shape index (κ1) is 10.9. The van der Waals surface area contributed by atoms with Crippen molar-refractivity contribution < 1.29 is 0 Å². The lowest BCUT2D eigenvalue weighted by Crippen LogP contribution is -2.21. The first-order valence-electron chi connectivity index (χ1n) is 4.62. The Balaban J connectivity index is 2.80. The maximum Gasteiger partial charge on any atom is -0.00127 e. The minimum atomic E-state index is 1.16. The third kappa shape index (κ3) is 9.92. The van der Waals surface area contributed by atoms with E-state index in [-0.39, 0.29) is 0 Å². The van der Waals surface area contributed by atoms with E-state index in [1.807, 2.05) is 0 Å². The molecule has 0 radical (unpaired) electrons. The number of rotatable bonds is 7. The van der Waals surface area contributed by atoms with Crippen LogP contribution < -0.4 is 5.32 Å². The molecule has 0 unspecified atom stereocenters. The van der Waals surface area contributed by atoms with E-state index in [0.717, 1.165) is 6.54 Å². The molecular weight excluding hydrogens is 136 g/mol. The molecule has 0 atom stereocenters. The van der Waals surface area contributed by atoms with Crippen LogP contribution in [0.1, 0.15) is 26.2 Å². The van der Waals surface area contributed by atoms with E-state index < -0.39 is 0 Å². The average Bonchev–Trinajstić information content (AvgIpc) is 1.96. The second-order valence-electron chi connectivity index (χ2n) is 3.26. The van der Waals surface area contributed by atoms with Gasteiger partial charge in [-0.15, -0.1) is 0 Å². The highest BCUT2D eigenvalue weighted by Crippen LogP contribution is 1.84. The second-order valence-corrected chi connectivity index (χ2v) is 3.26. The van der Waals surface area contributed by atoms with Gasteiger partial charge in [0.1, 0.15) is 0 Å². The normalized spacial score (nSPS) is 10.9. The SMILES string of the molecule is CCCCNCCCN(C)C. The summed E-state index contributed by atoms with van der Waals surface area (Å²) in [5.74, 6) is 0. The van der Waals surface area contributed by atoms with Gasteiger partial charge in [0.25, 0.3) is 0 Å². The van der Waals surface area contributed by atoms with E-state index in [4.69, 9.17) is 0 Å². The zero-order valence-electron chi connectivity index (χ0n) is 8.19. The molecule has 0 spiro atoms. The number of nitrogens with zero attached hydrogens (tertiary/aromatic N) is 1. The monoisotopic (exact) mass is 158 g/mol. The molecule has 0 heterocycles. The third-order valence-corrected chi connectivity index (χ3v) is 1.67. The summed E-state index contributed by atoms with van der Waals surface area (Å²) in [7, 11) is 4.23. The molecule has 0 fully saturated rings. The van der Waals surface area contributed by atoms with Crippen molar-refractivity contribution in [1.82, 2.24) is 10.2 Å². The van der Waals surface area contributed by atoms with Crippen molar-refractivity contribution in [2.24, 2.45) is 0 Å². The first-order chi connectivity index (χ1) is 5.27. The summed E-state index contributed by atoms with van der Waals surface area (Å²) in [6.45, 7) is 5.77. The maximum absolute atomic E-state index is 3.42. The minimum absolute atomic E-state index is 1.16. The Hall–Kier alpha value is -0.0800. The summed E-state index contributed by atoms with van der Waals surface area (Å²) in [6.07, 6.45) is 3.86. The zero-order valence-corrected chi connectivity index (χ0v) is 8.19. The Kier molecular flexibility index (Phi) is 7.96. The molecule has 2 heteroatoms.